The van der Waals surface area contributed by atoms with Crippen molar-refractivity contribution in [2.24, 2.45) is 12.0 Å². The molecular weight excluding hydrogens is 536 g/mol. The van der Waals surface area contributed by atoms with Crippen molar-refractivity contribution < 1.29 is 9.47 Å². The number of likely N-dealkylation sites (tertiary alicyclic amines) is 1. The van der Waals surface area contributed by atoms with Crippen molar-refractivity contribution in [1.29, 1.82) is 0 Å². The number of halogens is 1. The molecule has 5 rings (SSSR count). The van der Waals surface area contributed by atoms with Gasteiger partial charge in [-0.25, -0.2) is 4.79 Å². The Morgan fingerprint density at radius 2 is 2.00 bits per heavy atom. The van der Waals surface area contributed by atoms with Gasteiger partial charge in [-0.3, -0.25) is 19.3 Å². The summed E-state index contributed by atoms with van der Waals surface area (Å²) >= 11 is 8.04. The van der Waals surface area contributed by atoms with Crippen LogP contribution in [0.3, 0.4) is 0 Å². The average Bonchev–Trinajstić information content (AvgIpc) is 3.29. The van der Waals surface area contributed by atoms with Crippen molar-refractivity contribution in [3.63, 3.8) is 0 Å². The number of ether oxygens (including phenoxy) is 2. The van der Waals surface area contributed by atoms with Crippen LogP contribution in [0.2, 0.25) is 5.02 Å². The van der Waals surface area contributed by atoms with Crippen LogP contribution in [0, 0.1) is 6.92 Å². The van der Waals surface area contributed by atoms with Crippen LogP contribution in [0.4, 0.5) is 5.69 Å². The SMILES string of the molecule is C=Nc1cc(Cn2c(=O)ccn(C)c2=O)sc1/C(=C\C)c1cc(Cl)cc(C)c1OC1CCN(C2COC2)CC1. The van der Waals surface area contributed by atoms with Crippen LogP contribution in [-0.2, 0) is 18.3 Å². The van der Waals surface area contributed by atoms with E-state index in [1.165, 1.54) is 32.7 Å². The summed E-state index contributed by atoms with van der Waals surface area (Å²) in [5.41, 5.74) is 2.76. The van der Waals surface area contributed by atoms with E-state index in [4.69, 9.17) is 21.1 Å². The van der Waals surface area contributed by atoms with Gasteiger partial charge in [0.15, 0.2) is 0 Å². The Hall–Kier alpha value is -2.98. The topological polar surface area (TPSA) is 78.1 Å². The van der Waals surface area contributed by atoms with E-state index in [-0.39, 0.29) is 23.9 Å². The lowest BCUT2D eigenvalue weighted by molar-refractivity contribution is -0.0778. The molecule has 0 spiro atoms. The molecular formula is C29H33ClN4O4S. The molecule has 39 heavy (non-hydrogen) atoms. The summed E-state index contributed by atoms with van der Waals surface area (Å²) in [6, 6.07) is 7.68. The summed E-state index contributed by atoms with van der Waals surface area (Å²) in [6.45, 7) is 11.6. The molecule has 2 aromatic heterocycles. The van der Waals surface area contributed by atoms with Crippen LogP contribution in [0.15, 0.2) is 51.1 Å². The second kappa shape index (κ2) is 11.6. The molecule has 2 saturated heterocycles. The van der Waals surface area contributed by atoms with Crippen LogP contribution in [0.25, 0.3) is 5.57 Å². The van der Waals surface area contributed by atoms with Crippen molar-refractivity contribution in [3.05, 3.63) is 83.3 Å². The van der Waals surface area contributed by atoms with E-state index in [1.54, 1.807) is 7.05 Å². The van der Waals surface area contributed by atoms with Crippen LogP contribution >= 0.6 is 22.9 Å². The molecule has 2 aliphatic heterocycles. The van der Waals surface area contributed by atoms with Gasteiger partial charge in [-0.15, -0.1) is 11.3 Å². The van der Waals surface area contributed by atoms with Crippen molar-refractivity contribution in [3.8, 4) is 5.75 Å². The minimum absolute atomic E-state index is 0.107. The van der Waals surface area contributed by atoms with Crippen LogP contribution in [0.1, 0.15) is 40.6 Å². The van der Waals surface area contributed by atoms with E-state index in [0.717, 1.165) is 71.3 Å². The lowest BCUT2D eigenvalue weighted by Gasteiger charge is -2.41. The van der Waals surface area contributed by atoms with Crippen molar-refractivity contribution in [1.82, 2.24) is 14.0 Å². The fraction of sp³-hybridized carbons (Fsp3) is 0.414. The molecule has 1 aromatic carbocycles. The molecule has 0 N–H and O–H groups in total. The first-order chi connectivity index (χ1) is 18.8. The second-order valence-electron chi connectivity index (χ2n) is 10.1. The summed E-state index contributed by atoms with van der Waals surface area (Å²) in [5.74, 6) is 0.816. The third kappa shape index (κ3) is 5.68. The quantitative estimate of drug-likeness (QED) is 0.370. The Balaban J connectivity index is 1.46. The highest BCUT2D eigenvalue weighted by Crippen LogP contribution is 2.43. The van der Waals surface area contributed by atoms with Crippen LogP contribution < -0.4 is 16.0 Å². The molecule has 4 heterocycles. The van der Waals surface area contributed by atoms with Gasteiger partial charge in [0.2, 0.25) is 0 Å². The van der Waals surface area contributed by atoms with E-state index >= 15 is 0 Å². The fourth-order valence-corrected chi connectivity index (χ4v) is 6.65. The number of hydrogen-bond donors (Lipinski definition) is 0. The number of thiophene rings is 1. The van der Waals surface area contributed by atoms with E-state index in [1.807, 2.05) is 38.1 Å². The Bertz CT molecular complexity index is 1530. The Kier molecular flexibility index (Phi) is 8.23. The standard InChI is InChI=1S/C29H33ClN4O4S/c1-5-23(28-25(31-3)14-22(39-28)15-34-26(35)8-9-32(4)29(34)36)24-13-19(30)12-18(2)27(24)38-21-6-10-33(11-7-21)20-16-37-17-20/h5,8-9,12-14,20-21H,3,6-7,10-11,15-17H2,1-2,4H3/b23-5-. The third-order valence-electron chi connectivity index (χ3n) is 7.45. The van der Waals surface area contributed by atoms with E-state index < -0.39 is 0 Å². The highest BCUT2D eigenvalue weighted by Gasteiger charge is 2.31. The Morgan fingerprint density at radius 1 is 1.26 bits per heavy atom. The number of aliphatic imine (C=N–C) groups is 1. The zero-order valence-corrected chi connectivity index (χ0v) is 24.1. The molecule has 0 bridgehead atoms. The zero-order chi connectivity index (χ0) is 27.7. The van der Waals surface area contributed by atoms with Gasteiger partial charge in [0.25, 0.3) is 5.56 Å². The summed E-state index contributed by atoms with van der Waals surface area (Å²) in [6.07, 6.45) is 5.51. The molecule has 0 atom stereocenters. The lowest BCUT2D eigenvalue weighted by atomic mass is 9.98. The van der Waals surface area contributed by atoms with Crippen LogP contribution in [-0.4, -0.2) is 59.2 Å². The Morgan fingerprint density at radius 3 is 2.64 bits per heavy atom. The molecule has 10 heteroatoms. The first-order valence-corrected chi connectivity index (χ1v) is 14.3. The maximum absolute atomic E-state index is 12.6. The number of allylic oxidation sites excluding steroid dienone is 1. The smallest absolute Gasteiger partial charge is 0.331 e. The highest BCUT2D eigenvalue weighted by atomic mass is 35.5. The average molecular weight is 569 g/mol. The van der Waals surface area contributed by atoms with Gasteiger partial charge in [-0.05, 0) is 57.2 Å². The van der Waals surface area contributed by atoms with Gasteiger partial charge < -0.3 is 14.0 Å². The van der Waals surface area contributed by atoms with Gasteiger partial charge in [0, 0.05) is 53.4 Å². The summed E-state index contributed by atoms with van der Waals surface area (Å²) in [7, 11) is 1.63. The minimum Gasteiger partial charge on any atom is -0.489 e. The number of piperidine rings is 1. The molecule has 0 radical (unpaired) electrons. The molecule has 3 aromatic rings. The van der Waals surface area contributed by atoms with Crippen molar-refractivity contribution >= 4 is 40.9 Å². The van der Waals surface area contributed by atoms with E-state index in [0.29, 0.717) is 16.8 Å². The highest BCUT2D eigenvalue weighted by molar-refractivity contribution is 7.13. The molecule has 8 nitrogen and oxygen atoms in total. The Labute approximate surface area is 236 Å². The largest absolute Gasteiger partial charge is 0.489 e. The molecule has 2 fully saturated rings. The summed E-state index contributed by atoms with van der Waals surface area (Å²) in [4.78, 5) is 33.5. The van der Waals surface area contributed by atoms with E-state index in [2.05, 4.69) is 16.6 Å². The van der Waals surface area contributed by atoms with Gasteiger partial charge in [-0.1, -0.05) is 17.7 Å². The maximum Gasteiger partial charge on any atom is 0.331 e. The third-order valence-corrected chi connectivity index (χ3v) is 8.81. The normalized spacial score (nSPS) is 17.3. The number of hydrogen-bond acceptors (Lipinski definition) is 7. The molecule has 206 valence electrons. The number of benzene rings is 1. The lowest BCUT2D eigenvalue weighted by Crippen LogP contribution is -2.52. The molecule has 2 aliphatic rings. The predicted octanol–water partition coefficient (Wildman–Crippen LogP) is 4.64. The monoisotopic (exact) mass is 568 g/mol. The minimum atomic E-state index is -0.367. The van der Waals surface area contributed by atoms with Gasteiger partial charge in [0.1, 0.15) is 11.9 Å². The van der Waals surface area contributed by atoms with Crippen LogP contribution in [0.5, 0.6) is 5.75 Å². The number of aromatic nitrogens is 2. The molecule has 0 amide bonds. The summed E-state index contributed by atoms with van der Waals surface area (Å²) < 4.78 is 14.7. The number of nitrogens with zero attached hydrogens (tertiary/aromatic N) is 4. The maximum atomic E-state index is 12.6. The molecule has 0 aliphatic carbocycles. The van der Waals surface area contributed by atoms with Gasteiger partial charge in [0.05, 0.1) is 36.4 Å². The fourth-order valence-electron chi connectivity index (χ4n) is 5.19. The van der Waals surface area contributed by atoms with E-state index in [9.17, 15) is 9.59 Å². The predicted molar refractivity (Wildman–Crippen MR) is 157 cm³/mol. The second-order valence-corrected chi connectivity index (χ2v) is 11.6. The van der Waals surface area contributed by atoms with Crippen molar-refractivity contribution in [2.75, 3.05) is 26.3 Å². The number of rotatable bonds is 8. The first kappa shape index (κ1) is 27.6. The summed E-state index contributed by atoms with van der Waals surface area (Å²) in [5, 5.41) is 0.623. The zero-order valence-electron chi connectivity index (χ0n) is 22.5. The van der Waals surface area contributed by atoms with Gasteiger partial charge >= 0.3 is 5.69 Å². The van der Waals surface area contributed by atoms with Gasteiger partial charge in [-0.2, -0.15) is 0 Å². The molecule has 0 unspecified atom stereocenters. The van der Waals surface area contributed by atoms with Crippen molar-refractivity contribution in [2.45, 2.75) is 45.4 Å². The number of aryl methyl sites for hydroxylation is 2. The molecule has 0 saturated carbocycles. The first-order valence-electron chi connectivity index (χ1n) is 13.1.